The van der Waals surface area contributed by atoms with Gasteiger partial charge in [-0.2, -0.15) is 0 Å². The van der Waals surface area contributed by atoms with Crippen LogP contribution in [-0.4, -0.2) is 32.0 Å². The summed E-state index contributed by atoms with van der Waals surface area (Å²) in [7, 11) is 0. The summed E-state index contributed by atoms with van der Waals surface area (Å²) in [6.45, 7) is 0.422. The van der Waals surface area contributed by atoms with Crippen molar-refractivity contribution in [3.63, 3.8) is 0 Å². The van der Waals surface area contributed by atoms with Crippen LogP contribution in [0.4, 0.5) is 0 Å². The van der Waals surface area contributed by atoms with Gasteiger partial charge in [-0.3, -0.25) is 13.5 Å². The predicted molar refractivity (Wildman–Crippen MR) is 117 cm³/mol. The van der Waals surface area contributed by atoms with Crippen molar-refractivity contribution in [1.82, 2.24) is 14.3 Å². The number of nitrogens with one attached hydrogen (secondary N) is 2. The molecule has 0 spiro atoms. The Morgan fingerprint density at radius 1 is 1.10 bits per heavy atom. The molecule has 0 saturated heterocycles. The van der Waals surface area contributed by atoms with E-state index in [9.17, 15) is 19.5 Å². The highest BCUT2D eigenvalue weighted by atomic mass is 32.1. The van der Waals surface area contributed by atoms with E-state index in [-0.39, 0.29) is 24.3 Å². The van der Waals surface area contributed by atoms with E-state index in [1.54, 1.807) is 16.2 Å². The molecule has 2 aromatic heterocycles. The van der Waals surface area contributed by atoms with Gasteiger partial charge in [0.2, 0.25) is 5.91 Å². The summed E-state index contributed by atoms with van der Waals surface area (Å²) in [5.41, 5.74) is 1.71. The summed E-state index contributed by atoms with van der Waals surface area (Å²) in [4.78, 5) is 39.5. The highest BCUT2D eigenvalue weighted by molar-refractivity contribution is 7.13. The second-order valence-corrected chi connectivity index (χ2v) is 8.18. The fourth-order valence-corrected chi connectivity index (χ4v) is 4.57. The average molecular weight is 423 g/mol. The first-order chi connectivity index (χ1) is 14.5. The zero-order chi connectivity index (χ0) is 21.1. The lowest BCUT2D eigenvalue weighted by Gasteiger charge is -2.14. The number of rotatable bonds is 8. The van der Waals surface area contributed by atoms with Crippen LogP contribution in [0, 0.1) is 0 Å². The minimum Gasteiger partial charge on any atom is -0.480 e. The highest BCUT2D eigenvalue weighted by Crippen LogP contribution is 2.19. The number of hydrogen-bond donors (Lipinski definition) is 3. The smallest absolute Gasteiger partial charge is 0.326 e. The molecular formula is C22H21N3O4S. The van der Waals surface area contributed by atoms with E-state index >= 15 is 0 Å². The summed E-state index contributed by atoms with van der Waals surface area (Å²) >= 11 is 1.37. The van der Waals surface area contributed by atoms with Crippen molar-refractivity contribution >= 4 is 44.4 Å². The maximum atomic E-state index is 12.3. The van der Waals surface area contributed by atoms with E-state index in [0.29, 0.717) is 18.4 Å². The molecule has 0 fully saturated rings. The molecule has 4 rings (SSSR count). The van der Waals surface area contributed by atoms with Crippen LogP contribution < -0.4 is 10.9 Å². The number of nitrogens with zero attached hydrogens (tertiary/aromatic N) is 1. The first-order valence-corrected chi connectivity index (χ1v) is 10.5. The number of hydrogen-bond acceptors (Lipinski definition) is 4. The summed E-state index contributed by atoms with van der Waals surface area (Å²) < 4.78 is 2.55. The van der Waals surface area contributed by atoms with Gasteiger partial charge in [0.25, 0.3) is 5.56 Å². The van der Waals surface area contributed by atoms with Gasteiger partial charge in [-0.25, -0.2) is 4.79 Å². The molecule has 3 N–H and O–H groups in total. The Morgan fingerprint density at radius 2 is 1.83 bits per heavy atom. The van der Waals surface area contributed by atoms with Crippen LogP contribution in [0.2, 0.25) is 0 Å². The molecule has 8 heteroatoms. The number of H-pyrrole nitrogens is 1. The number of carboxylic acid groups (broad SMARTS) is 1. The molecule has 0 aliphatic heterocycles. The fourth-order valence-electron chi connectivity index (χ4n) is 3.53. The van der Waals surface area contributed by atoms with Gasteiger partial charge < -0.3 is 15.4 Å². The third-order valence-corrected chi connectivity index (χ3v) is 6.17. The van der Waals surface area contributed by atoms with Crippen molar-refractivity contribution in [2.24, 2.45) is 0 Å². The molecule has 0 unspecified atom stereocenters. The van der Waals surface area contributed by atoms with Crippen LogP contribution in [0.15, 0.2) is 59.5 Å². The molecule has 7 nitrogen and oxygen atoms in total. The van der Waals surface area contributed by atoms with E-state index in [1.165, 1.54) is 11.5 Å². The fraction of sp³-hybridized carbons (Fsp3) is 0.227. The molecule has 1 amide bonds. The maximum Gasteiger partial charge on any atom is 0.326 e. The van der Waals surface area contributed by atoms with E-state index in [0.717, 1.165) is 21.2 Å². The lowest BCUT2D eigenvalue weighted by molar-refractivity contribution is -0.141. The summed E-state index contributed by atoms with van der Waals surface area (Å²) in [6.07, 6.45) is 2.58. The van der Waals surface area contributed by atoms with E-state index in [2.05, 4.69) is 10.3 Å². The zero-order valence-corrected chi connectivity index (χ0v) is 16.9. The van der Waals surface area contributed by atoms with Crippen LogP contribution >= 0.6 is 11.5 Å². The quantitative estimate of drug-likeness (QED) is 0.405. The Labute approximate surface area is 176 Å². The Morgan fingerprint density at radius 3 is 2.60 bits per heavy atom. The van der Waals surface area contributed by atoms with Crippen molar-refractivity contribution in [2.45, 2.75) is 31.8 Å². The molecule has 0 bridgehead atoms. The van der Waals surface area contributed by atoms with Crippen LogP contribution in [0.1, 0.15) is 18.4 Å². The third-order valence-electron chi connectivity index (χ3n) is 5.05. The number of benzene rings is 2. The van der Waals surface area contributed by atoms with E-state index in [1.807, 2.05) is 42.5 Å². The summed E-state index contributed by atoms with van der Waals surface area (Å²) in [5, 5.41) is 13.8. The Kier molecular flexibility index (Phi) is 5.67. The number of para-hydroxylation sites is 1. The van der Waals surface area contributed by atoms with Crippen LogP contribution in [-0.2, 0) is 22.6 Å². The molecule has 4 aromatic rings. The first kappa shape index (κ1) is 19.9. The molecular weight excluding hydrogens is 402 g/mol. The molecule has 2 heterocycles. The second-order valence-electron chi connectivity index (χ2n) is 7.12. The van der Waals surface area contributed by atoms with Crippen molar-refractivity contribution in [3.8, 4) is 0 Å². The van der Waals surface area contributed by atoms with Gasteiger partial charge in [0, 0.05) is 36.5 Å². The van der Waals surface area contributed by atoms with Crippen LogP contribution in [0.5, 0.6) is 0 Å². The van der Waals surface area contributed by atoms with Crippen molar-refractivity contribution in [2.75, 3.05) is 0 Å². The zero-order valence-electron chi connectivity index (χ0n) is 16.1. The van der Waals surface area contributed by atoms with E-state index < -0.39 is 12.0 Å². The van der Waals surface area contributed by atoms with Gasteiger partial charge >= 0.3 is 5.97 Å². The Hall–Kier alpha value is -3.39. The molecule has 0 saturated carbocycles. The lowest BCUT2D eigenvalue weighted by atomic mass is 10.0. The number of amides is 1. The maximum absolute atomic E-state index is 12.3. The monoisotopic (exact) mass is 423 g/mol. The first-order valence-electron chi connectivity index (χ1n) is 9.69. The number of carboxylic acids is 1. The largest absolute Gasteiger partial charge is 0.480 e. The van der Waals surface area contributed by atoms with Gasteiger partial charge in [-0.15, -0.1) is 0 Å². The van der Waals surface area contributed by atoms with E-state index in [4.69, 9.17) is 0 Å². The average Bonchev–Trinajstić information content (AvgIpc) is 3.29. The van der Waals surface area contributed by atoms with Crippen LogP contribution in [0.25, 0.3) is 21.0 Å². The summed E-state index contributed by atoms with van der Waals surface area (Å²) in [5.74, 6) is -1.41. The second kappa shape index (κ2) is 8.54. The number of aromatic amines is 1. The molecule has 0 radical (unpaired) electrons. The van der Waals surface area contributed by atoms with Gasteiger partial charge in [0.05, 0.1) is 10.1 Å². The molecule has 0 aliphatic carbocycles. The molecule has 0 aliphatic rings. The lowest BCUT2D eigenvalue weighted by Crippen LogP contribution is -2.42. The number of aliphatic carboxylic acids is 1. The van der Waals surface area contributed by atoms with Crippen LogP contribution in [0.3, 0.4) is 0 Å². The number of carbonyl (C=O) groups is 2. The van der Waals surface area contributed by atoms with Gasteiger partial charge in [0.1, 0.15) is 6.04 Å². The molecule has 1 atom stereocenters. The standard InChI is InChI=1S/C22H21N3O4S/c26-20(10-5-11-25-21(27)16-7-2-4-9-19(16)30-25)24-18(22(28)29)12-14-13-23-17-8-3-1-6-15(14)17/h1-4,6-9,13,18,23H,5,10-12H2,(H,24,26)(H,28,29)/t18-/m1/s1. The molecule has 30 heavy (non-hydrogen) atoms. The topological polar surface area (TPSA) is 104 Å². The SMILES string of the molecule is O=C(CCCn1sc2ccccc2c1=O)N[C@H](Cc1c[nH]c2ccccc12)C(=O)O. The van der Waals surface area contributed by atoms with Gasteiger partial charge in [-0.1, -0.05) is 41.9 Å². The minimum absolute atomic E-state index is 0.0567. The predicted octanol–water partition coefficient (Wildman–Crippen LogP) is 3.14. The number of carbonyl (C=O) groups excluding carboxylic acids is 1. The van der Waals surface area contributed by atoms with Gasteiger partial charge in [0.15, 0.2) is 0 Å². The molecule has 154 valence electrons. The number of aryl methyl sites for hydroxylation is 1. The Balaban J connectivity index is 1.36. The number of fused-ring (bicyclic) bond motifs is 2. The minimum atomic E-state index is -1.07. The van der Waals surface area contributed by atoms with Crippen molar-refractivity contribution in [3.05, 3.63) is 70.6 Å². The summed E-state index contributed by atoms with van der Waals surface area (Å²) in [6, 6.07) is 14.0. The van der Waals surface area contributed by atoms with Crippen molar-refractivity contribution in [1.29, 1.82) is 0 Å². The Bertz CT molecular complexity index is 1270. The van der Waals surface area contributed by atoms with Gasteiger partial charge in [-0.05, 0) is 30.2 Å². The third kappa shape index (κ3) is 4.13. The van der Waals surface area contributed by atoms with Crippen molar-refractivity contribution < 1.29 is 14.7 Å². The number of aromatic nitrogens is 2. The highest BCUT2D eigenvalue weighted by Gasteiger charge is 2.21. The normalized spacial score (nSPS) is 12.3. The molecule has 2 aromatic carbocycles.